The van der Waals surface area contributed by atoms with E-state index < -0.39 is 0 Å². The third-order valence-corrected chi connectivity index (χ3v) is 5.07. The van der Waals surface area contributed by atoms with E-state index in [0.29, 0.717) is 6.10 Å². The molecule has 90 valence electrons. The minimum Gasteiger partial charge on any atom is -0.377 e. The Morgan fingerprint density at radius 2 is 2.25 bits per heavy atom. The molecule has 0 radical (unpaired) electrons. The molecule has 2 nitrogen and oxygen atoms in total. The summed E-state index contributed by atoms with van der Waals surface area (Å²) in [6, 6.07) is 0. The molecule has 0 aromatic heterocycles. The van der Waals surface area contributed by atoms with Gasteiger partial charge in [-0.15, -0.1) is 0 Å². The van der Waals surface area contributed by atoms with Crippen LogP contribution in [0.1, 0.15) is 33.1 Å². The summed E-state index contributed by atoms with van der Waals surface area (Å²) < 4.78 is 5.67. The van der Waals surface area contributed by atoms with Gasteiger partial charge in [-0.25, -0.2) is 0 Å². The highest BCUT2D eigenvalue weighted by molar-refractivity contribution is 5.10. The molecule has 3 rings (SSSR count). The van der Waals surface area contributed by atoms with Gasteiger partial charge in [-0.05, 0) is 57.4 Å². The minimum absolute atomic E-state index is 0.214. The SMILES string of the molecule is CC1OCCC1(C)NCC1CC2C=CC1C2. The monoisotopic (exact) mass is 221 g/mol. The van der Waals surface area contributed by atoms with Gasteiger partial charge in [-0.1, -0.05) is 12.2 Å². The molecule has 5 unspecified atom stereocenters. The number of nitrogens with one attached hydrogen (secondary N) is 1. The van der Waals surface area contributed by atoms with Crippen molar-refractivity contribution >= 4 is 0 Å². The van der Waals surface area contributed by atoms with Crippen LogP contribution in [0.2, 0.25) is 0 Å². The molecule has 3 aliphatic rings. The van der Waals surface area contributed by atoms with Crippen LogP contribution in [0.25, 0.3) is 0 Å². The van der Waals surface area contributed by atoms with Gasteiger partial charge in [0, 0.05) is 12.1 Å². The van der Waals surface area contributed by atoms with Crippen molar-refractivity contribution in [2.45, 2.75) is 44.8 Å². The second-order valence-electron chi connectivity index (χ2n) is 6.10. The molecule has 2 aliphatic carbocycles. The molecule has 2 heteroatoms. The maximum atomic E-state index is 5.67. The van der Waals surface area contributed by atoms with Crippen molar-refractivity contribution in [3.05, 3.63) is 12.2 Å². The van der Waals surface area contributed by atoms with Crippen LogP contribution in [0.5, 0.6) is 0 Å². The Bertz CT molecular complexity index is 301. The summed E-state index contributed by atoms with van der Waals surface area (Å²) in [5.41, 5.74) is 0.214. The summed E-state index contributed by atoms with van der Waals surface area (Å²) in [6.45, 7) is 6.60. The Morgan fingerprint density at radius 1 is 1.38 bits per heavy atom. The first-order valence-corrected chi connectivity index (χ1v) is 6.72. The van der Waals surface area contributed by atoms with E-state index in [1.165, 1.54) is 19.4 Å². The van der Waals surface area contributed by atoms with Crippen LogP contribution in [0.15, 0.2) is 12.2 Å². The Balaban J connectivity index is 1.55. The molecule has 0 amide bonds. The minimum atomic E-state index is 0.214. The summed E-state index contributed by atoms with van der Waals surface area (Å²) in [6.07, 6.45) is 9.20. The maximum absolute atomic E-state index is 5.67. The first kappa shape index (κ1) is 10.8. The first-order valence-electron chi connectivity index (χ1n) is 6.72. The fourth-order valence-electron chi connectivity index (χ4n) is 3.56. The molecule has 1 saturated carbocycles. The van der Waals surface area contributed by atoms with Crippen molar-refractivity contribution in [2.75, 3.05) is 13.2 Å². The van der Waals surface area contributed by atoms with E-state index in [1.54, 1.807) is 0 Å². The Hall–Kier alpha value is -0.340. The average molecular weight is 221 g/mol. The number of ether oxygens (including phenoxy) is 1. The third kappa shape index (κ3) is 1.72. The smallest absolute Gasteiger partial charge is 0.0726 e. The van der Waals surface area contributed by atoms with Gasteiger partial charge in [0.1, 0.15) is 0 Å². The maximum Gasteiger partial charge on any atom is 0.0726 e. The van der Waals surface area contributed by atoms with E-state index in [1.807, 2.05) is 0 Å². The van der Waals surface area contributed by atoms with Crippen LogP contribution in [0, 0.1) is 17.8 Å². The molecule has 0 aromatic rings. The normalized spacial score (nSPS) is 50.4. The molecular formula is C14H23NO. The number of hydrogen-bond acceptors (Lipinski definition) is 2. The lowest BCUT2D eigenvalue weighted by Gasteiger charge is -2.31. The van der Waals surface area contributed by atoms with Gasteiger partial charge < -0.3 is 10.1 Å². The molecule has 0 aromatic carbocycles. The van der Waals surface area contributed by atoms with Crippen LogP contribution in [-0.2, 0) is 4.74 Å². The Labute approximate surface area is 98.4 Å². The molecular weight excluding hydrogens is 198 g/mol. The number of hydrogen-bond donors (Lipinski definition) is 1. The topological polar surface area (TPSA) is 21.3 Å². The van der Waals surface area contributed by atoms with E-state index in [9.17, 15) is 0 Å². The summed E-state index contributed by atoms with van der Waals surface area (Å²) in [7, 11) is 0. The molecule has 1 N–H and O–H groups in total. The standard InChI is InChI=1S/C14H23NO/c1-10-14(2,5-6-16-10)15-9-13-8-11-3-4-12(13)7-11/h3-4,10-13,15H,5-9H2,1-2H3. The molecule has 1 aliphatic heterocycles. The van der Waals surface area contributed by atoms with Crippen LogP contribution >= 0.6 is 0 Å². The van der Waals surface area contributed by atoms with Gasteiger partial charge in [-0.3, -0.25) is 0 Å². The zero-order valence-electron chi connectivity index (χ0n) is 10.4. The predicted octanol–water partition coefficient (Wildman–Crippen LogP) is 2.36. The van der Waals surface area contributed by atoms with Gasteiger partial charge in [0.15, 0.2) is 0 Å². The van der Waals surface area contributed by atoms with Crippen molar-refractivity contribution in [1.82, 2.24) is 5.32 Å². The quantitative estimate of drug-likeness (QED) is 0.739. The Kier molecular flexibility index (Phi) is 2.60. The van der Waals surface area contributed by atoms with Crippen LogP contribution in [0.4, 0.5) is 0 Å². The lowest BCUT2D eigenvalue weighted by molar-refractivity contribution is 0.0866. The molecule has 0 spiro atoms. The molecule has 1 saturated heterocycles. The van der Waals surface area contributed by atoms with E-state index in [4.69, 9.17) is 4.74 Å². The zero-order chi connectivity index (χ0) is 11.2. The molecule has 5 atom stereocenters. The van der Waals surface area contributed by atoms with Gasteiger partial charge in [0.2, 0.25) is 0 Å². The highest BCUT2D eigenvalue weighted by Crippen LogP contribution is 2.43. The second-order valence-corrected chi connectivity index (χ2v) is 6.10. The first-order chi connectivity index (χ1) is 7.67. The molecule has 16 heavy (non-hydrogen) atoms. The molecule has 1 heterocycles. The summed E-state index contributed by atoms with van der Waals surface area (Å²) in [5.74, 6) is 2.63. The summed E-state index contributed by atoms with van der Waals surface area (Å²) >= 11 is 0. The van der Waals surface area contributed by atoms with Gasteiger partial charge in [0.05, 0.1) is 6.10 Å². The molecule has 2 fully saturated rings. The van der Waals surface area contributed by atoms with Gasteiger partial charge >= 0.3 is 0 Å². The summed E-state index contributed by atoms with van der Waals surface area (Å²) in [4.78, 5) is 0. The van der Waals surface area contributed by atoms with Gasteiger partial charge in [0.25, 0.3) is 0 Å². The van der Waals surface area contributed by atoms with Gasteiger partial charge in [-0.2, -0.15) is 0 Å². The van der Waals surface area contributed by atoms with E-state index >= 15 is 0 Å². The third-order valence-electron chi connectivity index (χ3n) is 5.07. The van der Waals surface area contributed by atoms with Crippen molar-refractivity contribution in [2.24, 2.45) is 17.8 Å². The van der Waals surface area contributed by atoms with Crippen LogP contribution in [0.3, 0.4) is 0 Å². The number of rotatable bonds is 3. The second kappa shape index (κ2) is 3.85. The highest BCUT2D eigenvalue weighted by Gasteiger charge is 2.40. The van der Waals surface area contributed by atoms with E-state index in [0.717, 1.165) is 30.8 Å². The van der Waals surface area contributed by atoms with E-state index in [-0.39, 0.29) is 5.54 Å². The summed E-state index contributed by atoms with van der Waals surface area (Å²) in [5, 5.41) is 3.78. The van der Waals surface area contributed by atoms with Crippen LogP contribution < -0.4 is 5.32 Å². The molecule has 2 bridgehead atoms. The Morgan fingerprint density at radius 3 is 2.81 bits per heavy atom. The lowest BCUT2D eigenvalue weighted by atomic mass is 9.90. The average Bonchev–Trinajstić information content (AvgIpc) is 2.93. The van der Waals surface area contributed by atoms with Crippen molar-refractivity contribution in [3.8, 4) is 0 Å². The number of fused-ring (bicyclic) bond motifs is 2. The fraction of sp³-hybridized carbons (Fsp3) is 0.857. The predicted molar refractivity (Wildman–Crippen MR) is 65.3 cm³/mol. The lowest BCUT2D eigenvalue weighted by Crippen LogP contribution is -2.49. The van der Waals surface area contributed by atoms with Crippen LogP contribution in [-0.4, -0.2) is 24.8 Å². The number of allylic oxidation sites excluding steroid dienone is 2. The van der Waals surface area contributed by atoms with Crippen molar-refractivity contribution in [3.63, 3.8) is 0 Å². The largest absolute Gasteiger partial charge is 0.377 e. The van der Waals surface area contributed by atoms with Crippen molar-refractivity contribution in [1.29, 1.82) is 0 Å². The van der Waals surface area contributed by atoms with Crippen molar-refractivity contribution < 1.29 is 4.74 Å². The highest BCUT2D eigenvalue weighted by atomic mass is 16.5. The zero-order valence-corrected chi connectivity index (χ0v) is 10.4. The fourth-order valence-corrected chi connectivity index (χ4v) is 3.56. The van der Waals surface area contributed by atoms with E-state index in [2.05, 4.69) is 31.3 Å².